The van der Waals surface area contributed by atoms with Gasteiger partial charge in [0.2, 0.25) is 5.91 Å². The molecule has 1 N–H and O–H groups in total. The van der Waals surface area contributed by atoms with Crippen molar-refractivity contribution in [2.45, 2.75) is 26.2 Å². The summed E-state index contributed by atoms with van der Waals surface area (Å²) in [4.78, 5) is 14.9. The summed E-state index contributed by atoms with van der Waals surface area (Å²) in [6.45, 7) is 5.83. The number of nitrogens with zero attached hydrogens (tertiary/aromatic N) is 1. The molecule has 0 aromatic heterocycles. The minimum Gasteiger partial charge on any atom is -0.342 e. The standard InChI is InChI=1S/C18H25ClN2O/c1-13(16-10-20-11-16)18(22)21(12-15-2-3-15)9-8-14-4-6-17(19)7-5-14/h4-7,13,15-16,20H,2-3,8-12H2,1H3. The average Bonchev–Trinajstić information content (AvgIpc) is 3.26. The Labute approximate surface area is 138 Å². The number of amides is 1. The van der Waals surface area contributed by atoms with E-state index in [-0.39, 0.29) is 5.92 Å². The molecule has 22 heavy (non-hydrogen) atoms. The van der Waals surface area contributed by atoms with Crippen molar-refractivity contribution in [3.63, 3.8) is 0 Å². The van der Waals surface area contributed by atoms with Gasteiger partial charge in [0, 0.05) is 24.0 Å². The molecule has 1 aromatic rings. The summed E-state index contributed by atoms with van der Waals surface area (Å²) >= 11 is 5.93. The van der Waals surface area contributed by atoms with Gasteiger partial charge in [0.05, 0.1) is 0 Å². The number of carbonyl (C=O) groups excluding carboxylic acids is 1. The molecular weight excluding hydrogens is 296 g/mol. The molecule has 3 nitrogen and oxygen atoms in total. The van der Waals surface area contributed by atoms with Crippen LogP contribution in [0, 0.1) is 17.8 Å². The zero-order valence-electron chi connectivity index (χ0n) is 13.2. The third-order valence-corrected chi connectivity index (χ3v) is 5.23. The number of halogens is 1. The normalized spacial score (nSPS) is 19.5. The monoisotopic (exact) mass is 320 g/mol. The van der Waals surface area contributed by atoms with E-state index in [1.807, 2.05) is 12.1 Å². The van der Waals surface area contributed by atoms with Gasteiger partial charge in [-0.05, 0) is 61.9 Å². The maximum absolute atomic E-state index is 12.8. The molecule has 0 bridgehead atoms. The Morgan fingerprint density at radius 2 is 2.00 bits per heavy atom. The Hall–Kier alpha value is -1.06. The van der Waals surface area contributed by atoms with E-state index in [1.54, 1.807) is 0 Å². The predicted molar refractivity (Wildman–Crippen MR) is 90.0 cm³/mol. The highest BCUT2D eigenvalue weighted by Crippen LogP contribution is 2.31. The Bertz CT molecular complexity index is 508. The highest BCUT2D eigenvalue weighted by atomic mass is 35.5. The van der Waals surface area contributed by atoms with Gasteiger partial charge in [-0.3, -0.25) is 4.79 Å². The van der Waals surface area contributed by atoms with Gasteiger partial charge in [-0.1, -0.05) is 30.7 Å². The van der Waals surface area contributed by atoms with E-state index in [0.29, 0.717) is 11.8 Å². The maximum atomic E-state index is 12.8. The second kappa shape index (κ2) is 7.01. The fourth-order valence-corrected chi connectivity index (χ4v) is 3.10. The van der Waals surface area contributed by atoms with Gasteiger partial charge >= 0.3 is 0 Å². The first kappa shape index (κ1) is 15.8. The molecule has 1 saturated carbocycles. The molecule has 1 saturated heterocycles. The average molecular weight is 321 g/mol. The van der Waals surface area contributed by atoms with Crippen LogP contribution in [0.5, 0.6) is 0 Å². The number of hydrogen-bond acceptors (Lipinski definition) is 2. The zero-order chi connectivity index (χ0) is 15.5. The fraction of sp³-hybridized carbons (Fsp3) is 0.611. The molecule has 1 aliphatic carbocycles. The van der Waals surface area contributed by atoms with Crippen LogP contribution in [0.25, 0.3) is 0 Å². The third-order valence-electron chi connectivity index (χ3n) is 4.98. The van der Waals surface area contributed by atoms with Crippen LogP contribution in [0.3, 0.4) is 0 Å². The number of nitrogens with one attached hydrogen (secondary N) is 1. The van der Waals surface area contributed by atoms with Gasteiger partial charge in [-0.25, -0.2) is 0 Å². The van der Waals surface area contributed by atoms with Gasteiger partial charge in [0.15, 0.2) is 0 Å². The summed E-state index contributed by atoms with van der Waals surface area (Å²) in [5, 5.41) is 4.03. The van der Waals surface area contributed by atoms with Gasteiger partial charge in [-0.15, -0.1) is 0 Å². The number of carbonyl (C=O) groups is 1. The molecule has 2 fully saturated rings. The lowest BCUT2D eigenvalue weighted by atomic mass is 9.88. The Balaban J connectivity index is 1.58. The van der Waals surface area contributed by atoms with Gasteiger partial charge in [-0.2, -0.15) is 0 Å². The molecule has 2 aliphatic rings. The lowest BCUT2D eigenvalue weighted by molar-refractivity contribution is -0.137. The molecule has 0 radical (unpaired) electrons. The minimum atomic E-state index is 0.144. The molecule has 4 heteroatoms. The zero-order valence-corrected chi connectivity index (χ0v) is 14.0. The highest BCUT2D eigenvalue weighted by molar-refractivity contribution is 6.30. The lowest BCUT2D eigenvalue weighted by Gasteiger charge is -2.35. The molecule has 1 aromatic carbocycles. The van der Waals surface area contributed by atoms with E-state index in [1.165, 1.54) is 18.4 Å². The summed E-state index contributed by atoms with van der Waals surface area (Å²) in [5.41, 5.74) is 1.25. The van der Waals surface area contributed by atoms with Gasteiger partial charge in [0.25, 0.3) is 0 Å². The van der Waals surface area contributed by atoms with Crippen LogP contribution in [0.4, 0.5) is 0 Å². The first-order chi connectivity index (χ1) is 10.6. The third kappa shape index (κ3) is 4.02. The number of rotatable bonds is 7. The summed E-state index contributed by atoms with van der Waals surface area (Å²) in [6, 6.07) is 7.96. The van der Waals surface area contributed by atoms with E-state index in [0.717, 1.165) is 43.5 Å². The summed E-state index contributed by atoms with van der Waals surface area (Å²) < 4.78 is 0. The van der Waals surface area contributed by atoms with Crippen molar-refractivity contribution < 1.29 is 4.79 Å². The van der Waals surface area contributed by atoms with E-state index >= 15 is 0 Å². The van der Waals surface area contributed by atoms with Gasteiger partial charge in [0.1, 0.15) is 0 Å². The second-order valence-electron chi connectivity index (χ2n) is 6.81. The first-order valence-corrected chi connectivity index (χ1v) is 8.75. The van der Waals surface area contributed by atoms with Gasteiger partial charge < -0.3 is 10.2 Å². The van der Waals surface area contributed by atoms with E-state index < -0.39 is 0 Å². The smallest absolute Gasteiger partial charge is 0.225 e. The predicted octanol–water partition coefficient (Wildman–Crippen LogP) is 2.98. The van der Waals surface area contributed by atoms with E-state index in [9.17, 15) is 4.79 Å². The van der Waals surface area contributed by atoms with Crippen molar-refractivity contribution in [3.05, 3.63) is 34.9 Å². The van der Waals surface area contributed by atoms with Crippen molar-refractivity contribution in [2.24, 2.45) is 17.8 Å². The van der Waals surface area contributed by atoms with Crippen molar-refractivity contribution in [1.29, 1.82) is 0 Å². The first-order valence-electron chi connectivity index (χ1n) is 8.37. The quantitative estimate of drug-likeness (QED) is 0.837. The fourth-order valence-electron chi connectivity index (χ4n) is 2.97. The molecule has 1 heterocycles. The van der Waals surface area contributed by atoms with Crippen LogP contribution < -0.4 is 5.32 Å². The summed E-state index contributed by atoms with van der Waals surface area (Å²) in [7, 11) is 0. The Kier molecular flexibility index (Phi) is 5.04. The van der Waals surface area contributed by atoms with Crippen LogP contribution in [0.2, 0.25) is 5.02 Å². The molecule has 0 spiro atoms. The summed E-state index contributed by atoms with van der Waals surface area (Å²) in [6.07, 6.45) is 3.47. The largest absolute Gasteiger partial charge is 0.342 e. The number of hydrogen-bond donors (Lipinski definition) is 1. The van der Waals surface area contributed by atoms with Crippen LogP contribution >= 0.6 is 11.6 Å². The Morgan fingerprint density at radius 1 is 1.32 bits per heavy atom. The molecule has 1 amide bonds. The van der Waals surface area contributed by atoms with Crippen molar-refractivity contribution in [2.75, 3.05) is 26.2 Å². The Morgan fingerprint density at radius 3 is 2.55 bits per heavy atom. The topological polar surface area (TPSA) is 32.3 Å². The minimum absolute atomic E-state index is 0.144. The van der Waals surface area contributed by atoms with E-state index in [4.69, 9.17) is 11.6 Å². The van der Waals surface area contributed by atoms with Crippen LogP contribution in [-0.2, 0) is 11.2 Å². The van der Waals surface area contributed by atoms with Crippen molar-refractivity contribution >= 4 is 17.5 Å². The highest BCUT2D eigenvalue weighted by Gasteiger charge is 2.33. The maximum Gasteiger partial charge on any atom is 0.225 e. The molecule has 1 atom stereocenters. The second-order valence-corrected chi connectivity index (χ2v) is 7.25. The van der Waals surface area contributed by atoms with Crippen LogP contribution in [0.15, 0.2) is 24.3 Å². The molecule has 1 aliphatic heterocycles. The molecule has 120 valence electrons. The molecular formula is C18H25ClN2O. The number of benzene rings is 1. The van der Waals surface area contributed by atoms with Crippen LogP contribution in [-0.4, -0.2) is 37.0 Å². The van der Waals surface area contributed by atoms with Crippen molar-refractivity contribution in [3.8, 4) is 0 Å². The van der Waals surface area contributed by atoms with Crippen molar-refractivity contribution in [1.82, 2.24) is 10.2 Å². The summed E-state index contributed by atoms with van der Waals surface area (Å²) in [5.74, 6) is 1.74. The molecule has 1 unspecified atom stereocenters. The lowest BCUT2D eigenvalue weighted by Crippen LogP contribution is -2.51. The molecule has 3 rings (SSSR count). The SMILES string of the molecule is CC(C(=O)N(CCc1ccc(Cl)cc1)CC1CC1)C1CNC1. The van der Waals surface area contributed by atoms with E-state index in [2.05, 4.69) is 29.3 Å². The van der Waals surface area contributed by atoms with Crippen LogP contribution in [0.1, 0.15) is 25.3 Å².